The van der Waals surface area contributed by atoms with E-state index >= 15 is 0 Å². The van der Waals surface area contributed by atoms with E-state index in [-0.39, 0.29) is 0 Å². The summed E-state index contributed by atoms with van der Waals surface area (Å²) < 4.78 is 0. The molecule has 0 heterocycles. The highest BCUT2D eigenvalue weighted by molar-refractivity contribution is 7.99. The second kappa shape index (κ2) is 12.1. The van der Waals surface area contributed by atoms with Crippen molar-refractivity contribution in [3.63, 3.8) is 0 Å². The molecule has 3 aliphatic rings. The van der Waals surface area contributed by atoms with Crippen molar-refractivity contribution in [3.05, 3.63) is 35.5 Å². The van der Waals surface area contributed by atoms with E-state index in [4.69, 9.17) is 0 Å². The zero-order valence-electron chi connectivity index (χ0n) is 22.2. The summed E-state index contributed by atoms with van der Waals surface area (Å²) in [4.78, 5) is 0. The first-order valence-electron chi connectivity index (χ1n) is 13.9. The quantitative estimate of drug-likeness (QED) is 0.309. The van der Waals surface area contributed by atoms with E-state index in [2.05, 4.69) is 58.2 Å². The van der Waals surface area contributed by atoms with Crippen LogP contribution in [0.25, 0.3) is 0 Å². The lowest BCUT2D eigenvalue weighted by Crippen LogP contribution is -2.37. The van der Waals surface area contributed by atoms with E-state index in [1.807, 2.05) is 0 Å². The molecule has 34 heavy (non-hydrogen) atoms. The lowest BCUT2D eigenvalue weighted by Gasteiger charge is -2.44. The molecular formula is C30H50O3S. The summed E-state index contributed by atoms with van der Waals surface area (Å²) in [5, 5.41) is 31.9. The molecule has 3 nitrogen and oxygen atoms in total. The lowest BCUT2D eigenvalue weighted by atomic mass is 9.63. The minimum absolute atomic E-state index is 0.348. The fourth-order valence-corrected chi connectivity index (χ4v) is 8.92. The normalized spacial score (nSPS) is 35.7. The monoisotopic (exact) mass is 490 g/mol. The van der Waals surface area contributed by atoms with Gasteiger partial charge in [0.1, 0.15) is 0 Å². The second-order valence-corrected chi connectivity index (χ2v) is 13.2. The number of thioether (sulfide) groups is 1. The van der Waals surface area contributed by atoms with E-state index < -0.39 is 17.8 Å². The Balaban J connectivity index is 1.65. The van der Waals surface area contributed by atoms with Gasteiger partial charge in [0.2, 0.25) is 0 Å². The fourth-order valence-electron chi connectivity index (χ4n) is 7.37. The maximum Gasteiger partial charge on any atom is 0.0811 e. The highest BCUT2D eigenvalue weighted by Crippen LogP contribution is 2.59. The molecule has 3 rings (SSSR count). The minimum atomic E-state index is -0.619. The van der Waals surface area contributed by atoms with Crippen molar-refractivity contribution in [1.82, 2.24) is 0 Å². The summed E-state index contributed by atoms with van der Waals surface area (Å²) in [6, 6.07) is 0. The summed E-state index contributed by atoms with van der Waals surface area (Å²) >= 11 is 2.09. The molecular weight excluding hydrogens is 440 g/mol. The molecule has 0 aromatic carbocycles. The number of hydrogen-bond acceptors (Lipinski definition) is 4. The van der Waals surface area contributed by atoms with Crippen LogP contribution in [-0.4, -0.2) is 44.1 Å². The van der Waals surface area contributed by atoms with E-state index in [0.717, 1.165) is 61.3 Å². The minimum Gasteiger partial charge on any atom is -0.393 e. The van der Waals surface area contributed by atoms with Gasteiger partial charge in [0.15, 0.2) is 0 Å². The molecule has 3 N–H and O–H groups in total. The molecule has 0 saturated heterocycles. The average molecular weight is 491 g/mol. The van der Waals surface area contributed by atoms with Crippen LogP contribution in [0, 0.1) is 17.3 Å². The van der Waals surface area contributed by atoms with Gasteiger partial charge in [-0.1, -0.05) is 64.8 Å². The maximum atomic E-state index is 11.0. The molecule has 6 atom stereocenters. The molecule has 0 unspecified atom stereocenters. The van der Waals surface area contributed by atoms with Crippen LogP contribution in [0.15, 0.2) is 35.5 Å². The zero-order chi connectivity index (χ0) is 24.9. The van der Waals surface area contributed by atoms with Crippen molar-refractivity contribution in [3.8, 4) is 0 Å². The summed E-state index contributed by atoms with van der Waals surface area (Å²) in [7, 11) is 0. The van der Waals surface area contributed by atoms with Crippen LogP contribution in [-0.2, 0) is 0 Å². The van der Waals surface area contributed by atoms with Gasteiger partial charge in [-0.05, 0) is 91.9 Å². The SMILES string of the molecule is C=C1/C(=C/C=C2\CCC[C@]3(C)[C@@H]([C@H](C)SCCC(O)(CCC)CCC)CC[C@@H]23)C[C@@H](O)C[C@@H]1O. The van der Waals surface area contributed by atoms with Crippen LogP contribution in [0.1, 0.15) is 105 Å². The first kappa shape index (κ1) is 28.0. The molecule has 0 aliphatic heterocycles. The number of allylic oxidation sites excluding steroid dienone is 3. The van der Waals surface area contributed by atoms with Crippen molar-refractivity contribution in [1.29, 1.82) is 0 Å². The van der Waals surface area contributed by atoms with Gasteiger partial charge >= 0.3 is 0 Å². The van der Waals surface area contributed by atoms with Gasteiger partial charge in [-0.2, -0.15) is 11.8 Å². The molecule has 3 fully saturated rings. The van der Waals surface area contributed by atoms with Gasteiger partial charge in [0.25, 0.3) is 0 Å². The highest BCUT2D eigenvalue weighted by Gasteiger charge is 2.50. The fraction of sp³-hybridized carbons (Fsp3) is 0.800. The predicted molar refractivity (Wildman–Crippen MR) is 146 cm³/mol. The molecule has 0 aromatic rings. The molecule has 0 spiro atoms. The Labute approximate surface area is 213 Å². The predicted octanol–water partition coefficient (Wildman–Crippen LogP) is 6.97. The molecule has 0 aromatic heterocycles. The Bertz CT molecular complexity index is 750. The third-order valence-corrected chi connectivity index (χ3v) is 10.5. The number of rotatable bonds is 10. The third kappa shape index (κ3) is 6.41. The molecule has 194 valence electrons. The van der Waals surface area contributed by atoms with E-state index in [1.165, 1.54) is 25.7 Å². The molecule has 0 bridgehead atoms. The third-order valence-electron chi connectivity index (χ3n) is 9.25. The van der Waals surface area contributed by atoms with Gasteiger partial charge in [0.05, 0.1) is 17.8 Å². The Kier molecular flexibility index (Phi) is 10.00. The van der Waals surface area contributed by atoms with Crippen molar-refractivity contribution < 1.29 is 15.3 Å². The van der Waals surface area contributed by atoms with Gasteiger partial charge in [-0.3, -0.25) is 0 Å². The Hall–Kier alpha value is -0.550. The Morgan fingerprint density at radius 2 is 1.85 bits per heavy atom. The average Bonchev–Trinajstić information content (AvgIpc) is 3.13. The first-order chi connectivity index (χ1) is 16.1. The maximum absolute atomic E-state index is 11.0. The second-order valence-electron chi connectivity index (χ2n) is 11.7. The number of hydrogen-bond donors (Lipinski definition) is 3. The van der Waals surface area contributed by atoms with Crippen LogP contribution in [0.5, 0.6) is 0 Å². The smallest absolute Gasteiger partial charge is 0.0811 e. The standard InChI is InChI=1S/C30H50O3S/c1-6-14-30(33,15-7-2)17-18-34-22(4)26-12-13-27-23(9-8-16-29(26,27)5)10-11-24-19-25(31)20-28(32)21(24)3/h10-11,22,25-28,31-33H,3,6-9,12-20H2,1-2,4-5H3/b23-10+,24-11+/t22-,25+,26+,27-,28-,29+/m0/s1. The largest absolute Gasteiger partial charge is 0.393 e. The van der Waals surface area contributed by atoms with Gasteiger partial charge in [-0.25, -0.2) is 0 Å². The lowest BCUT2D eigenvalue weighted by molar-refractivity contribution is 0.0187. The van der Waals surface area contributed by atoms with Gasteiger partial charge in [0, 0.05) is 11.7 Å². The van der Waals surface area contributed by atoms with Crippen molar-refractivity contribution in [2.75, 3.05) is 5.75 Å². The van der Waals surface area contributed by atoms with E-state index in [0.29, 0.717) is 29.4 Å². The number of fused-ring (bicyclic) bond motifs is 1. The van der Waals surface area contributed by atoms with Gasteiger partial charge < -0.3 is 15.3 Å². The Morgan fingerprint density at radius 1 is 1.15 bits per heavy atom. The van der Waals surface area contributed by atoms with E-state index in [1.54, 1.807) is 5.57 Å². The summed E-state index contributed by atoms with van der Waals surface area (Å²) in [5.74, 6) is 2.41. The van der Waals surface area contributed by atoms with Crippen molar-refractivity contribution >= 4 is 11.8 Å². The molecule has 4 heteroatoms. The zero-order valence-corrected chi connectivity index (χ0v) is 23.0. The Morgan fingerprint density at radius 3 is 2.53 bits per heavy atom. The van der Waals surface area contributed by atoms with Crippen molar-refractivity contribution in [2.45, 2.75) is 128 Å². The van der Waals surface area contributed by atoms with Gasteiger partial charge in [-0.15, -0.1) is 0 Å². The summed E-state index contributed by atoms with van der Waals surface area (Å²) in [6.07, 6.45) is 15.5. The van der Waals surface area contributed by atoms with Crippen LogP contribution in [0.2, 0.25) is 0 Å². The first-order valence-corrected chi connectivity index (χ1v) is 15.0. The topological polar surface area (TPSA) is 60.7 Å². The summed E-state index contributed by atoms with van der Waals surface area (Å²) in [6.45, 7) is 13.4. The van der Waals surface area contributed by atoms with E-state index in [9.17, 15) is 15.3 Å². The van der Waals surface area contributed by atoms with Crippen molar-refractivity contribution in [2.24, 2.45) is 17.3 Å². The number of aliphatic hydroxyl groups excluding tert-OH is 2. The highest BCUT2D eigenvalue weighted by atomic mass is 32.2. The molecule has 0 amide bonds. The van der Waals surface area contributed by atoms with Crippen LogP contribution in [0.4, 0.5) is 0 Å². The van der Waals surface area contributed by atoms with Crippen LogP contribution >= 0.6 is 11.8 Å². The molecule has 3 aliphatic carbocycles. The van der Waals surface area contributed by atoms with Crippen LogP contribution < -0.4 is 0 Å². The summed E-state index contributed by atoms with van der Waals surface area (Å²) in [5.41, 5.74) is 3.22. The van der Waals surface area contributed by atoms with Crippen LogP contribution in [0.3, 0.4) is 0 Å². The molecule has 3 saturated carbocycles. The number of aliphatic hydroxyl groups is 3. The molecule has 0 radical (unpaired) electrons.